The molecule has 1 aliphatic rings. The molecule has 1 aromatic heterocycles. The molecule has 8 heteroatoms. The molecular weight excluding hydrogens is 368 g/mol. The first-order valence-electron chi connectivity index (χ1n) is 10.0. The number of carbonyl (C=O) groups is 1. The quantitative estimate of drug-likeness (QED) is 0.572. The average molecular weight is 399 g/mol. The van der Waals surface area contributed by atoms with Crippen molar-refractivity contribution in [2.45, 2.75) is 26.0 Å². The van der Waals surface area contributed by atoms with Gasteiger partial charge in [-0.2, -0.15) is 5.10 Å². The number of guanidine groups is 1. The van der Waals surface area contributed by atoms with E-state index in [2.05, 4.69) is 25.6 Å². The molecule has 1 aromatic carbocycles. The Labute approximate surface area is 171 Å². The van der Waals surface area contributed by atoms with E-state index in [9.17, 15) is 4.79 Å². The number of nitrogens with one attached hydrogen (secondary N) is 2. The lowest BCUT2D eigenvalue weighted by molar-refractivity contribution is -0.00805. The van der Waals surface area contributed by atoms with Crippen molar-refractivity contribution >= 4 is 11.9 Å². The number of hydrogen-bond acceptors (Lipinski definition) is 4. The molecule has 0 bridgehead atoms. The number of carbonyl (C=O) groups excluding carboxylic acids is 1. The second kappa shape index (κ2) is 10.1. The fourth-order valence-electron chi connectivity index (χ4n) is 3.33. The molecule has 2 N–H and O–H groups in total. The molecule has 1 unspecified atom stereocenters. The van der Waals surface area contributed by atoms with Gasteiger partial charge in [0.25, 0.3) is 5.91 Å². The van der Waals surface area contributed by atoms with Crippen LogP contribution in [0.3, 0.4) is 0 Å². The number of morpholine rings is 1. The highest BCUT2D eigenvalue weighted by atomic mass is 16.5. The van der Waals surface area contributed by atoms with Crippen molar-refractivity contribution in [3.63, 3.8) is 0 Å². The number of ether oxygens (including phenoxy) is 1. The van der Waals surface area contributed by atoms with Crippen LogP contribution in [0.25, 0.3) is 0 Å². The average Bonchev–Trinajstić information content (AvgIpc) is 3.19. The van der Waals surface area contributed by atoms with Crippen LogP contribution in [0.5, 0.6) is 0 Å². The summed E-state index contributed by atoms with van der Waals surface area (Å²) in [5, 5.41) is 10.6. The minimum Gasteiger partial charge on any atom is -0.370 e. The highest BCUT2D eigenvalue weighted by Gasteiger charge is 2.25. The Morgan fingerprint density at radius 2 is 2.24 bits per heavy atom. The third-order valence-corrected chi connectivity index (χ3v) is 4.85. The van der Waals surface area contributed by atoms with Crippen LogP contribution >= 0.6 is 0 Å². The Bertz CT molecular complexity index is 847. The third-order valence-electron chi connectivity index (χ3n) is 4.85. The summed E-state index contributed by atoms with van der Waals surface area (Å²) < 4.78 is 7.70. The zero-order valence-electron chi connectivity index (χ0n) is 17.4. The van der Waals surface area contributed by atoms with E-state index in [1.807, 2.05) is 50.6 Å². The van der Waals surface area contributed by atoms with E-state index in [0.29, 0.717) is 31.8 Å². The molecular formula is C21H30N6O2. The molecule has 2 heterocycles. The SMILES string of the molecule is CCCNC(=O)c1cccc(CNC(=NC)N2CCOC(c3cnn(C)c3)C2)c1. The highest BCUT2D eigenvalue weighted by Crippen LogP contribution is 2.21. The number of hydrogen-bond donors (Lipinski definition) is 2. The first kappa shape index (κ1) is 20.9. The zero-order chi connectivity index (χ0) is 20.6. The van der Waals surface area contributed by atoms with Gasteiger partial charge in [0.2, 0.25) is 0 Å². The van der Waals surface area contributed by atoms with Crippen LogP contribution in [0.1, 0.15) is 40.9 Å². The lowest BCUT2D eigenvalue weighted by Gasteiger charge is -2.34. The summed E-state index contributed by atoms with van der Waals surface area (Å²) in [5.41, 5.74) is 2.78. The van der Waals surface area contributed by atoms with Crippen molar-refractivity contribution in [3.8, 4) is 0 Å². The Hall–Kier alpha value is -2.87. The second-order valence-corrected chi connectivity index (χ2v) is 7.11. The van der Waals surface area contributed by atoms with Crippen molar-refractivity contribution in [3.05, 3.63) is 53.3 Å². The predicted molar refractivity (Wildman–Crippen MR) is 113 cm³/mol. The molecule has 1 atom stereocenters. The first-order chi connectivity index (χ1) is 14.1. The minimum absolute atomic E-state index is 0.0263. The zero-order valence-corrected chi connectivity index (χ0v) is 17.4. The van der Waals surface area contributed by atoms with Gasteiger partial charge in [-0.25, -0.2) is 0 Å². The first-order valence-corrected chi connectivity index (χ1v) is 10.0. The van der Waals surface area contributed by atoms with E-state index in [-0.39, 0.29) is 12.0 Å². The van der Waals surface area contributed by atoms with Crippen LogP contribution < -0.4 is 10.6 Å². The van der Waals surface area contributed by atoms with E-state index < -0.39 is 0 Å². The van der Waals surface area contributed by atoms with Crippen molar-refractivity contribution in [2.75, 3.05) is 33.3 Å². The topological polar surface area (TPSA) is 83.8 Å². The van der Waals surface area contributed by atoms with Gasteiger partial charge in [-0.05, 0) is 24.1 Å². The maximum absolute atomic E-state index is 12.2. The van der Waals surface area contributed by atoms with Crippen LogP contribution in [-0.2, 0) is 18.3 Å². The molecule has 0 aliphatic carbocycles. The summed E-state index contributed by atoms with van der Waals surface area (Å²) in [6, 6.07) is 7.68. The van der Waals surface area contributed by atoms with Crippen molar-refractivity contribution < 1.29 is 9.53 Å². The lowest BCUT2D eigenvalue weighted by atomic mass is 10.1. The molecule has 1 fully saturated rings. The molecule has 0 spiro atoms. The van der Waals surface area contributed by atoms with Crippen LogP contribution in [0.4, 0.5) is 0 Å². The molecule has 3 rings (SSSR count). The van der Waals surface area contributed by atoms with Gasteiger partial charge >= 0.3 is 0 Å². The van der Waals surface area contributed by atoms with E-state index in [0.717, 1.165) is 30.1 Å². The number of aryl methyl sites for hydroxylation is 1. The van der Waals surface area contributed by atoms with Crippen LogP contribution in [0.2, 0.25) is 0 Å². The predicted octanol–water partition coefficient (Wildman–Crippen LogP) is 1.71. The van der Waals surface area contributed by atoms with E-state index in [1.165, 1.54) is 0 Å². The lowest BCUT2D eigenvalue weighted by Crippen LogP contribution is -2.47. The normalized spacial score (nSPS) is 17.3. The second-order valence-electron chi connectivity index (χ2n) is 7.11. The van der Waals surface area contributed by atoms with Gasteiger partial charge in [0.05, 0.1) is 19.3 Å². The van der Waals surface area contributed by atoms with Gasteiger partial charge in [-0.3, -0.25) is 14.5 Å². The van der Waals surface area contributed by atoms with Gasteiger partial charge in [-0.15, -0.1) is 0 Å². The van der Waals surface area contributed by atoms with Gasteiger partial charge in [0.1, 0.15) is 6.10 Å². The van der Waals surface area contributed by atoms with Crippen molar-refractivity contribution in [1.82, 2.24) is 25.3 Å². The molecule has 29 heavy (non-hydrogen) atoms. The molecule has 0 saturated carbocycles. The van der Waals surface area contributed by atoms with Gasteiger partial charge in [0.15, 0.2) is 5.96 Å². The van der Waals surface area contributed by atoms with Gasteiger partial charge in [0, 0.05) is 51.1 Å². The Balaban J connectivity index is 1.59. The van der Waals surface area contributed by atoms with Crippen LogP contribution in [-0.4, -0.2) is 59.8 Å². The molecule has 156 valence electrons. The van der Waals surface area contributed by atoms with Crippen LogP contribution in [0.15, 0.2) is 41.7 Å². The summed E-state index contributed by atoms with van der Waals surface area (Å²) >= 11 is 0. The maximum Gasteiger partial charge on any atom is 0.251 e. The summed E-state index contributed by atoms with van der Waals surface area (Å²) in [4.78, 5) is 18.8. The van der Waals surface area contributed by atoms with Crippen molar-refractivity contribution in [2.24, 2.45) is 12.0 Å². The van der Waals surface area contributed by atoms with E-state index >= 15 is 0 Å². The molecule has 0 radical (unpaired) electrons. The highest BCUT2D eigenvalue weighted by molar-refractivity contribution is 5.94. The maximum atomic E-state index is 12.2. The number of rotatable bonds is 6. The van der Waals surface area contributed by atoms with Gasteiger partial charge < -0.3 is 20.3 Å². The largest absolute Gasteiger partial charge is 0.370 e. The Kier molecular flexibility index (Phi) is 7.24. The van der Waals surface area contributed by atoms with Crippen molar-refractivity contribution in [1.29, 1.82) is 0 Å². The number of aliphatic imine (C=N–C) groups is 1. The number of amides is 1. The molecule has 8 nitrogen and oxygen atoms in total. The summed E-state index contributed by atoms with van der Waals surface area (Å²) in [6.07, 6.45) is 4.73. The number of benzene rings is 1. The minimum atomic E-state index is -0.0365. The Morgan fingerprint density at radius 1 is 1.38 bits per heavy atom. The number of aromatic nitrogens is 2. The standard InChI is InChI=1S/C21H30N6O2/c1-4-8-23-20(28)17-7-5-6-16(11-17)12-24-21(22-2)27-9-10-29-19(15-27)18-13-25-26(3)14-18/h5-7,11,13-14,19H,4,8-10,12,15H2,1-3H3,(H,22,24)(H,23,28). The molecule has 1 amide bonds. The summed E-state index contributed by atoms with van der Waals surface area (Å²) in [5.74, 6) is 0.786. The monoisotopic (exact) mass is 398 g/mol. The van der Waals surface area contributed by atoms with Gasteiger partial charge in [-0.1, -0.05) is 19.1 Å². The molecule has 2 aromatic rings. The van der Waals surface area contributed by atoms with Crippen LogP contribution in [0, 0.1) is 0 Å². The Morgan fingerprint density at radius 3 is 2.97 bits per heavy atom. The van der Waals surface area contributed by atoms with E-state index in [4.69, 9.17) is 4.74 Å². The number of nitrogens with zero attached hydrogens (tertiary/aromatic N) is 4. The summed E-state index contributed by atoms with van der Waals surface area (Å²) in [7, 11) is 3.69. The smallest absolute Gasteiger partial charge is 0.251 e. The van der Waals surface area contributed by atoms with E-state index in [1.54, 1.807) is 11.7 Å². The molecule has 1 aliphatic heterocycles. The fourth-order valence-corrected chi connectivity index (χ4v) is 3.33. The third kappa shape index (κ3) is 5.57. The molecule has 1 saturated heterocycles. The summed E-state index contributed by atoms with van der Waals surface area (Å²) in [6.45, 7) is 5.43. The fraction of sp³-hybridized carbons (Fsp3) is 0.476.